The van der Waals surface area contributed by atoms with Crippen molar-refractivity contribution in [3.63, 3.8) is 0 Å². The molecule has 0 N–H and O–H groups in total. The predicted octanol–water partition coefficient (Wildman–Crippen LogP) is 4.63. The van der Waals surface area contributed by atoms with Crippen LogP contribution in [0, 0.1) is 12.8 Å². The molecule has 2 rings (SSSR count). The van der Waals surface area contributed by atoms with Gasteiger partial charge in [0.05, 0.1) is 0 Å². The van der Waals surface area contributed by atoms with Crippen molar-refractivity contribution in [1.29, 1.82) is 0 Å². The van der Waals surface area contributed by atoms with Crippen molar-refractivity contribution < 1.29 is 0 Å². The van der Waals surface area contributed by atoms with Gasteiger partial charge in [0.15, 0.2) is 0 Å². The van der Waals surface area contributed by atoms with E-state index in [1.54, 1.807) is 0 Å². The molecule has 0 nitrogen and oxygen atoms in total. The van der Waals surface area contributed by atoms with Crippen molar-refractivity contribution in [3.05, 3.63) is 55.0 Å². The maximum absolute atomic E-state index is 3.93. The van der Waals surface area contributed by atoms with Crippen LogP contribution in [0.5, 0.6) is 0 Å². The van der Waals surface area contributed by atoms with Crippen LogP contribution in [-0.2, 0) is 6.42 Å². The van der Waals surface area contributed by atoms with Gasteiger partial charge >= 0.3 is 0 Å². The Balaban J connectivity index is 2.30. The number of benzene rings is 2. The summed E-state index contributed by atoms with van der Waals surface area (Å²) < 4.78 is 0. The highest BCUT2D eigenvalue weighted by molar-refractivity contribution is 5.85. The third kappa shape index (κ3) is 2.44. The van der Waals surface area contributed by atoms with E-state index < -0.39 is 0 Å². The molecule has 83 valence electrons. The largest absolute Gasteiger partial charge is 0.0622 e. The van der Waals surface area contributed by atoms with E-state index in [9.17, 15) is 0 Å². The predicted molar refractivity (Wildman–Crippen MR) is 71.4 cm³/mol. The van der Waals surface area contributed by atoms with Crippen LogP contribution in [0.15, 0.2) is 42.5 Å². The molecule has 1 radical (unpaired) electrons. The van der Waals surface area contributed by atoms with Gasteiger partial charge in [0, 0.05) is 0 Å². The van der Waals surface area contributed by atoms with Gasteiger partial charge in [-0.2, -0.15) is 0 Å². The topological polar surface area (TPSA) is 0 Å². The van der Waals surface area contributed by atoms with Gasteiger partial charge in [-0.3, -0.25) is 0 Å². The van der Waals surface area contributed by atoms with Gasteiger partial charge in [0.25, 0.3) is 0 Å². The van der Waals surface area contributed by atoms with Crippen LogP contribution in [0.4, 0.5) is 0 Å². The Kier molecular flexibility index (Phi) is 3.61. The van der Waals surface area contributed by atoms with Gasteiger partial charge in [0.2, 0.25) is 0 Å². The first-order chi connectivity index (χ1) is 7.81. The fraction of sp³-hybridized carbons (Fsp3) is 0.312. The van der Waals surface area contributed by atoms with Gasteiger partial charge < -0.3 is 0 Å². The summed E-state index contributed by atoms with van der Waals surface area (Å²) in [6.07, 6.45) is 3.41. The SMILES string of the molecule is [CH2]CCC(C)Cc1cccc2ccccc12. The van der Waals surface area contributed by atoms with Crippen LogP contribution in [0.3, 0.4) is 0 Å². The molecule has 16 heavy (non-hydrogen) atoms. The van der Waals surface area contributed by atoms with Crippen molar-refractivity contribution in [2.75, 3.05) is 0 Å². The second-order valence-electron chi connectivity index (χ2n) is 4.59. The molecule has 0 heterocycles. The summed E-state index contributed by atoms with van der Waals surface area (Å²) in [5.74, 6) is 0.725. The van der Waals surface area contributed by atoms with Crippen LogP contribution in [0.25, 0.3) is 10.8 Å². The highest BCUT2D eigenvalue weighted by atomic mass is 14.1. The van der Waals surface area contributed by atoms with Gasteiger partial charge in [-0.25, -0.2) is 0 Å². The summed E-state index contributed by atoms with van der Waals surface area (Å²) in [6.45, 7) is 6.24. The monoisotopic (exact) mass is 211 g/mol. The standard InChI is InChI=1S/C16H19/c1-3-7-13(2)12-15-10-6-9-14-8-4-5-11-16(14)15/h4-6,8-11,13H,1,3,7,12H2,2H3. The molecule has 0 saturated heterocycles. The van der Waals surface area contributed by atoms with E-state index in [1.807, 2.05) is 0 Å². The van der Waals surface area contributed by atoms with E-state index in [2.05, 4.69) is 56.3 Å². The minimum atomic E-state index is 0.725. The van der Waals surface area contributed by atoms with Gasteiger partial charge in [-0.1, -0.05) is 69.2 Å². The highest BCUT2D eigenvalue weighted by Crippen LogP contribution is 2.22. The number of fused-ring (bicyclic) bond motifs is 1. The molecule has 2 aromatic carbocycles. The van der Waals surface area contributed by atoms with E-state index >= 15 is 0 Å². The maximum atomic E-state index is 3.93. The summed E-state index contributed by atoms with van der Waals surface area (Å²) in [4.78, 5) is 0. The second kappa shape index (κ2) is 5.16. The first-order valence-electron chi connectivity index (χ1n) is 6.07. The summed E-state index contributed by atoms with van der Waals surface area (Å²) in [6, 6.07) is 15.2. The fourth-order valence-corrected chi connectivity index (χ4v) is 2.30. The average molecular weight is 211 g/mol. The number of hydrogen-bond donors (Lipinski definition) is 0. The zero-order valence-electron chi connectivity index (χ0n) is 9.95. The lowest BCUT2D eigenvalue weighted by molar-refractivity contribution is 0.537. The Labute approximate surface area is 98.3 Å². The molecule has 0 heteroatoms. The van der Waals surface area contributed by atoms with E-state index in [1.165, 1.54) is 22.8 Å². The lowest BCUT2D eigenvalue weighted by atomic mass is 9.93. The molecule has 2 aromatic rings. The number of hydrogen-bond acceptors (Lipinski definition) is 0. The molecular formula is C16H19. The Hall–Kier alpha value is -1.30. The van der Waals surface area contributed by atoms with Crippen molar-refractivity contribution in [1.82, 2.24) is 0 Å². The van der Waals surface area contributed by atoms with Crippen molar-refractivity contribution in [2.45, 2.75) is 26.2 Å². The number of rotatable bonds is 4. The normalized spacial score (nSPS) is 12.9. The minimum Gasteiger partial charge on any atom is -0.0622 e. The Bertz CT molecular complexity index is 451. The molecule has 0 spiro atoms. The van der Waals surface area contributed by atoms with Crippen LogP contribution in [0.1, 0.15) is 25.3 Å². The minimum absolute atomic E-state index is 0.725. The first kappa shape index (κ1) is 11.2. The van der Waals surface area contributed by atoms with E-state index in [4.69, 9.17) is 0 Å². The van der Waals surface area contributed by atoms with Crippen molar-refractivity contribution >= 4 is 10.8 Å². The molecule has 0 fully saturated rings. The Morgan fingerprint density at radius 3 is 2.62 bits per heavy atom. The van der Waals surface area contributed by atoms with Crippen molar-refractivity contribution in [3.8, 4) is 0 Å². The fourth-order valence-electron chi connectivity index (χ4n) is 2.30. The van der Waals surface area contributed by atoms with E-state index in [-0.39, 0.29) is 0 Å². The Morgan fingerprint density at radius 1 is 1.06 bits per heavy atom. The zero-order valence-corrected chi connectivity index (χ0v) is 9.95. The quantitative estimate of drug-likeness (QED) is 0.691. The van der Waals surface area contributed by atoms with Crippen molar-refractivity contribution in [2.24, 2.45) is 5.92 Å². The molecule has 0 saturated carbocycles. The summed E-state index contributed by atoms with van der Waals surface area (Å²) >= 11 is 0. The third-order valence-electron chi connectivity index (χ3n) is 3.15. The van der Waals surface area contributed by atoms with Gasteiger partial charge in [0.1, 0.15) is 0 Å². The van der Waals surface area contributed by atoms with E-state index in [0.29, 0.717) is 0 Å². The zero-order chi connectivity index (χ0) is 11.4. The van der Waals surface area contributed by atoms with Gasteiger partial charge in [-0.05, 0) is 28.7 Å². The molecule has 0 bridgehead atoms. The molecule has 1 atom stereocenters. The van der Waals surface area contributed by atoms with Gasteiger partial charge in [-0.15, -0.1) is 0 Å². The molecule has 1 unspecified atom stereocenters. The molecule has 0 amide bonds. The smallest absolute Gasteiger partial charge is 0.0152 e. The highest BCUT2D eigenvalue weighted by Gasteiger charge is 2.05. The molecular weight excluding hydrogens is 192 g/mol. The lowest BCUT2D eigenvalue weighted by Crippen LogP contribution is -1.99. The molecule has 0 aliphatic carbocycles. The molecule has 0 aromatic heterocycles. The molecule has 0 aliphatic rings. The maximum Gasteiger partial charge on any atom is -0.0152 e. The van der Waals surface area contributed by atoms with Crippen LogP contribution < -0.4 is 0 Å². The summed E-state index contributed by atoms with van der Waals surface area (Å²) in [7, 11) is 0. The van der Waals surface area contributed by atoms with Crippen LogP contribution in [-0.4, -0.2) is 0 Å². The summed E-state index contributed by atoms with van der Waals surface area (Å²) in [5.41, 5.74) is 1.47. The lowest BCUT2D eigenvalue weighted by Gasteiger charge is -2.12. The molecule has 0 aliphatic heterocycles. The van der Waals surface area contributed by atoms with Crippen LogP contribution in [0.2, 0.25) is 0 Å². The Morgan fingerprint density at radius 2 is 1.81 bits per heavy atom. The second-order valence-corrected chi connectivity index (χ2v) is 4.59. The third-order valence-corrected chi connectivity index (χ3v) is 3.15. The first-order valence-corrected chi connectivity index (χ1v) is 6.07. The summed E-state index contributed by atoms with van der Waals surface area (Å²) in [5, 5.41) is 2.75. The van der Waals surface area contributed by atoms with E-state index in [0.717, 1.165) is 18.8 Å². The van der Waals surface area contributed by atoms with Crippen LogP contribution >= 0.6 is 0 Å². The average Bonchev–Trinajstić information content (AvgIpc) is 2.30.